The summed E-state index contributed by atoms with van der Waals surface area (Å²) in [7, 11) is 0. The van der Waals surface area contributed by atoms with Crippen molar-refractivity contribution in [1.29, 1.82) is 0 Å². The Morgan fingerprint density at radius 1 is 0.288 bits per heavy atom. The summed E-state index contributed by atoms with van der Waals surface area (Å²) in [5, 5.41) is 106. The molecule has 31 nitrogen and oxygen atoms in total. The van der Waals surface area contributed by atoms with E-state index in [-0.39, 0.29) is 25.6 Å². The quantitative estimate of drug-likeness (QED) is 0.0448. The topological polar surface area (TPSA) is 438 Å². The van der Waals surface area contributed by atoms with Crippen molar-refractivity contribution >= 4 is 38.5 Å². The lowest BCUT2D eigenvalue weighted by atomic mass is 9.93. The van der Waals surface area contributed by atoms with Crippen molar-refractivity contribution in [3.8, 4) is 0 Å². The number of amides is 6. The number of aliphatic hydroxyl groups is 8. The molecule has 0 bridgehead atoms. The minimum Gasteiger partial charge on any atom is -0.388 e. The third-order valence-corrected chi connectivity index (χ3v) is 14.0. The molecule has 6 amide bonds. The molecule has 0 aromatic carbocycles. The predicted molar refractivity (Wildman–Crippen MR) is 233 cm³/mol. The number of carbonyl (C=O) groups is 6. The first kappa shape index (κ1) is 58.3. The molecule has 0 aromatic rings. The van der Waals surface area contributed by atoms with E-state index in [9.17, 15) is 69.6 Å². The third kappa shape index (κ3) is 12.5. The van der Waals surface area contributed by atoms with Gasteiger partial charge >= 0.3 is 0 Å². The molecule has 14 N–H and O–H groups in total. The molecule has 6 heterocycles. The van der Waals surface area contributed by atoms with Gasteiger partial charge in [0.15, 0.2) is 37.7 Å². The molecular formula is C42H68N6O25. The molecular weight excluding hydrogens is 988 g/mol. The van der Waals surface area contributed by atoms with Gasteiger partial charge in [0.2, 0.25) is 38.5 Å². The summed E-state index contributed by atoms with van der Waals surface area (Å²) < 4.78 is 66.6. The zero-order chi connectivity index (χ0) is 53.6. The lowest BCUT2D eigenvalue weighted by molar-refractivity contribution is -0.393. The van der Waals surface area contributed by atoms with Crippen LogP contribution in [0, 0.1) is 0 Å². The van der Waals surface area contributed by atoms with Crippen molar-refractivity contribution in [3.05, 3.63) is 0 Å². The molecule has 0 unspecified atom stereocenters. The van der Waals surface area contributed by atoms with Gasteiger partial charge in [-0.05, 0) is 41.5 Å². The first-order valence-corrected chi connectivity index (χ1v) is 23.6. The second-order valence-corrected chi connectivity index (χ2v) is 18.6. The van der Waals surface area contributed by atoms with E-state index in [4.69, 9.17) is 52.1 Å². The molecule has 0 saturated carbocycles. The average Bonchev–Trinajstić information content (AvgIpc) is 3.34. The Kier molecular flexibility index (Phi) is 20.6. The highest BCUT2D eigenvalue weighted by Gasteiger charge is 2.57. The monoisotopic (exact) mass is 1060 g/mol. The van der Waals surface area contributed by atoms with E-state index >= 15 is 0 Å². The van der Waals surface area contributed by atoms with Crippen molar-refractivity contribution in [2.24, 2.45) is 0 Å². The predicted octanol–water partition coefficient (Wildman–Crippen LogP) is -9.41. The van der Waals surface area contributed by atoms with Crippen LogP contribution in [0.25, 0.3) is 0 Å². The van der Waals surface area contributed by atoms with Crippen LogP contribution in [0.1, 0.15) is 41.5 Å². The van der Waals surface area contributed by atoms with E-state index in [2.05, 4.69) is 31.9 Å². The minimum atomic E-state index is -2.03. The number of ether oxygens (including phenoxy) is 11. The Hall–Kier alpha value is -3.94. The summed E-state index contributed by atoms with van der Waals surface area (Å²) in [6.45, 7) is 8.70. The number of aliphatic hydroxyl groups excluding tert-OH is 8. The summed E-state index contributed by atoms with van der Waals surface area (Å²) in [6, 6.07) is -7.14. The van der Waals surface area contributed by atoms with E-state index in [1.165, 1.54) is 41.5 Å². The molecule has 416 valence electrons. The fourth-order valence-corrected chi connectivity index (χ4v) is 10.1. The normalized spacial score (nSPS) is 49.2. The summed E-state index contributed by atoms with van der Waals surface area (Å²) in [6.07, 6.45) is -36.6. The summed E-state index contributed by atoms with van der Waals surface area (Å²) in [4.78, 5) is 69.8. The summed E-state index contributed by atoms with van der Waals surface area (Å²) in [5.74, 6) is 0. The molecule has 30 atom stereocenters. The molecule has 6 saturated heterocycles. The molecule has 0 spiro atoms. The van der Waals surface area contributed by atoms with Crippen LogP contribution in [0.4, 0.5) is 0 Å². The van der Waals surface area contributed by atoms with Crippen LogP contribution in [0.15, 0.2) is 0 Å². The highest BCUT2D eigenvalue weighted by Crippen LogP contribution is 2.37. The molecule has 0 radical (unpaired) electrons. The van der Waals surface area contributed by atoms with E-state index in [0.29, 0.717) is 12.8 Å². The van der Waals surface area contributed by atoms with Crippen molar-refractivity contribution in [2.75, 3.05) is 0 Å². The molecule has 73 heavy (non-hydrogen) atoms. The Morgan fingerprint density at radius 2 is 0.534 bits per heavy atom. The zero-order valence-electron chi connectivity index (χ0n) is 40.3. The summed E-state index contributed by atoms with van der Waals surface area (Å²) in [5.41, 5.74) is 0. The molecule has 6 aliphatic heterocycles. The molecule has 6 fully saturated rings. The number of nitrogens with one attached hydrogen (secondary N) is 6. The number of hydrogen-bond donors (Lipinski definition) is 14. The van der Waals surface area contributed by atoms with Gasteiger partial charge in [-0.15, -0.1) is 0 Å². The van der Waals surface area contributed by atoms with Crippen LogP contribution >= 0.6 is 0 Å². The maximum absolute atomic E-state index is 12.2. The van der Waals surface area contributed by atoms with E-state index in [0.717, 1.165) is 0 Å². The second kappa shape index (κ2) is 25.7. The lowest BCUT2D eigenvalue weighted by Gasteiger charge is -2.51. The number of rotatable bonds is 22. The maximum atomic E-state index is 12.2. The summed E-state index contributed by atoms with van der Waals surface area (Å²) >= 11 is 0. The van der Waals surface area contributed by atoms with Crippen molar-refractivity contribution in [2.45, 2.75) is 225 Å². The van der Waals surface area contributed by atoms with Gasteiger partial charge in [0.05, 0.1) is 72.9 Å². The van der Waals surface area contributed by atoms with Crippen LogP contribution in [-0.2, 0) is 80.9 Å². The largest absolute Gasteiger partial charge is 0.388 e. The van der Waals surface area contributed by atoms with Crippen LogP contribution in [0.5, 0.6) is 0 Å². The Balaban J connectivity index is 1.31. The van der Waals surface area contributed by atoms with Gasteiger partial charge in [-0.2, -0.15) is 0 Å². The highest BCUT2D eigenvalue weighted by atomic mass is 16.8. The molecule has 0 aromatic heterocycles. The smallest absolute Gasteiger partial charge is 0.207 e. The number of hydrogen-bond acceptors (Lipinski definition) is 25. The van der Waals surface area contributed by atoms with Gasteiger partial charge < -0.3 is 125 Å². The molecule has 6 rings (SSSR count). The fraction of sp³-hybridized carbons (Fsp3) is 0.857. The Bertz CT molecular complexity index is 1820. The zero-order valence-corrected chi connectivity index (χ0v) is 40.3. The highest BCUT2D eigenvalue weighted by molar-refractivity contribution is 5.49. The number of carbonyl (C=O) groups excluding carboxylic acids is 6. The average molecular weight is 1060 g/mol. The lowest BCUT2D eigenvalue weighted by Crippen LogP contribution is -2.70. The van der Waals surface area contributed by atoms with Gasteiger partial charge in [-0.3, -0.25) is 28.8 Å². The first-order valence-electron chi connectivity index (χ1n) is 23.6. The van der Waals surface area contributed by atoms with Crippen LogP contribution in [0.3, 0.4) is 0 Å². The van der Waals surface area contributed by atoms with E-state index in [1.807, 2.05) is 0 Å². The maximum Gasteiger partial charge on any atom is 0.207 e. The molecule has 6 aliphatic rings. The third-order valence-electron chi connectivity index (χ3n) is 14.0. The van der Waals surface area contributed by atoms with E-state index in [1.54, 1.807) is 0 Å². The van der Waals surface area contributed by atoms with Crippen LogP contribution < -0.4 is 31.9 Å². The van der Waals surface area contributed by atoms with Gasteiger partial charge in [-0.1, -0.05) is 0 Å². The standard InChI is InChI=1S/C42H68N6O25/c1-13-20(44-8-50)26(56)33(37(62)63-13)70-41-36(29(59)23(47-11-53)16(4)67-41)73-42-35(28(58)22(46-10-52)17(5)68-42)72-39-31(61)32(24(48-12-54)18(6)65-39)69-40-34(27(57)21(45-9-51)15(3)66-40)71-38-30(60)25(55)19(43-7-49)14(2)64-38/h7-42,55-62H,1-6H3,(H,43,49)(H,44,50)(H,45,51)(H,46,52)(H,47,53)(H,48,54)/t13-,14-,15-,16-,17-,18-,19-,20-,21-,22-,23-,24-,25+,26+,27+,28+,29+,30+,31+,32+,33+,34+,35+,36+,37+,38-,39-,40-,41-,42-/m1/s1. The first-order chi connectivity index (χ1) is 34.8. The Labute approximate surface area is 417 Å². The fourth-order valence-electron chi connectivity index (χ4n) is 10.1. The van der Waals surface area contributed by atoms with Gasteiger partial charge in [0.25, 0.3) is 0 Å². The van der Waals surface area contributed by atoms with E-state index < -0.39 is 184 Å². The van der Waals surface area contributed by atoms with Crippen molar-refractivity contribution in [3.63, 3.8) is 0 Å². The Morgan fingerprint density at radius 3 is 0.904 bits per heavy atom. The molecule has 0 aliphatic carbocycles. The minimum absolute atomic E-state index is 0.266. The van der Waals surface area contributed by atoms with Crippen LogP contribution in [-0.4, -0.2) is 263 Å². The van der Waals surface area contributed by atoms with Gasteiger partial charge in [0, 0.05) is 0 Å². The van der Waals surface area contributed by atoms with Crippen LogP contribution in [0.2, 0.25) is 0 Å². The van der Waals surface area contributed by atoms with Gasteiger partial charge in [0.1, 0.15) is 73.2 Å². The molecule has 31 heteroatoms. The SMILES string of the molecule is C[C@H]1O[C@H](O[C@@H]2[C@@H](O[C@@H]3[C@H](O)[C@@H](O[C@@H]4[C@@H](O[C@@H]5[C@@H](O[C@H]6[C@@H](O)[C@H](NC=O)[C@@H](C)O[C@@H]6O)O[C@H](C)[C@@H](NC=O)[C@@H]5O)O[C@H](C)[C@@H](NC=O)[C@@H]4O)O[C@H](C)[C@H]3NC=O)O[C@H](C)[C@@H](NC=O)[C@@H]2O)[C@@H](O)[C@@H](O)[C@@H]1NC=O. The second-order valence-electron chi connectivity index (χ2n) is 18.6. The van der Waals surface area contributed by atoms with Gasteiger partial charge in [-0.25, -0.2) is 0 Å². The van der Waals surface area contributed by atoms with Crippen molar-refractivity contribution in [1.82, 2.24) is 31.9 Å². The van der Waals surface area contributed by atoms with Crippen molar-refractivity contribution < 1.29 is 122 Å².